The Morgan fingerprint density at radius 1 is 1.16 bits per heavy atom. The van der Waals surface area contributed by atoms with Gasteiger partial charge in [0.15, 0.2) is 17.3 Å². The zero-order valence-corrected chi connectivity index (χ0v) is 10.6. The first-order chi connectivity index (χ1) is 9.22. The maximum Gasteiger partial charge on any atom is 0.231 e. The summed E-state index contributed by atoms with van der Waals surface area (Å²) in [7, 11) is 0. The zero-order valence-electron chi connectivity index (χ0n) is 10.6. The number of carbonyl (C=O) groups is 1. The van der Waals surface area contributed by atoms with Gasteiger partial charge in [0.2, 0.25) is 6.79 Å². The second-order valence-corrected chi connectivity index (χ2v) is 4.50. The summed E-state index contributed by atoms with van der Waals surface area (Å²) in [6, 6.07) is 9.08. The minimum absolute atomic E-state index is 0.0763. The lowest BCUT2D eigenvalue weighted by atomic mass is 10.1. The summed E-state index contributed by atoms with van der Waals surface area (Å²) in [5.74, 6) is 3.11. The second kappa shape index (κ2) is 4.80. The van der Waals surface area contributed by atoms with Crippen molar-refractivity contribution in [3.05, 3.63) is 47.4 Å². The van der Waals surface area contributed by atoms with Crippen molar-refractivity contribution in [1.82, 2.24) is 0 Å². The van der Waals surface area contributed by atoms with Crippen molar-refractivity contribution < 1.29 is 18.7 Å². The van der Waals surface area contributed by atoms with Crippen LogP contribution in [0.4, 0.5) is 0 Å². The number of Topliss-reactive ketones (excluding diaryl/α,β-unsaturated/α-hetero) is 1. The Hall–Kier alpha value is -2.23. The Labute approximate surface area is 110 Å². The van der Waals surface area contributed by atoms with E-state index in [1.807, 2.05) is 19.1 Å². The number of aryl methyl sites for hydroxylation is 2. The van der Waals surface area contributed by atoms with Gasteiger partial charge in [-0.2, -0.15) is 0 Å². The maximum atomic E-state index is 12.1. The lowest BCUT2D eigenvalue weighted by Gasteiger charge is -2.02. The van der Waals surface area contributed by atoms with Crippen molar-refractivity contribution in [2.45, 2.75) is 19.8 Å². The van der Waals surface area contributed by atoms with Gasteiger partial charge in [-0.3, -0.25) is 4.79 Å². The van der Waals surface area contributed by atoms with Crippen molar-refractivity contribution >= 4 is 5.78 Å². The summed E-state index contributed by atoms with van der Waals surface area (Å²) >= 11 is 0. The van der Waals surface area contributed by atoms with Crippen molar-refractivity contribution in [3.8, 4) is 11.5 Å². The molecule has 4 heteroatoms. The lowest BCUT2D eigenvalue weighted by Crippen LogP contribution is -2.00. The number of rotatable bonds is 4. The van der Waals surface area contributed by atoms with E-state index >= 15 is 0 Å². The molecule has 0 N–H and O–H groups in total. The molecular formula is C15H14O4. The van der Waals surface area contributed by atoms with Crippen LogP contribution < -0.4 is 9.47 Å². The van der Waals surface area contributed by atoms with Crippen molar-refractivity contribution in [2.24, 2.45) is 0 Å². The molecule has 0 fully saturated rings. The predicted octanol–water partition coefficient (Wildman–Crippen LogP) is 3.13. The molecule has 0 aliphatic carbocycles. The molecule has 2 heterocycles. The molecular weight excluding hydrogens is 244 g/mol. The van der Waals surface area contributed by atoms with Crippen LogP contribution in [0.2, 0.25) is 0 Å². The van der Waals surface area contributed by atoms with E-state index in [0.29, 0.717) is 29.9 Å². The quantitative estimate of drug-likeness (QED) is 0.790. The number of benzene rings is 1. The Morgan fingerprint density at radius 3 is 2.79 bits per heavy atom. The highest BCUT2D eigenvalue weighted by atomic mass is 16.7. The van der Waals surface area contributed by atoms with E-state index in [4.69, 9.17) is 13.9 Å². The topological polar surface area (TPSA) is 48.7 Å². The predicted molar refractivity (Wildman–Crippen MR) is 68.7 cm³/mol. The largest absolute Gasteiger partial charge is 0.466 e. The maximum absolute atomic E-state index is 12.1. The molecule has 3 rings (SSSR count). The van der Waals surface area contributed by atoms with Gasteiger partial charge in [-0.1, -0.05) is 0 Å². The van der Waals surface area contributed by atoms with Gasteiger partial charge in [0.1, 0.15) is 11.5 Å². The molecule has 4 nitrogen and oxygen atoms in total. The highest BCUT2D eigenvalue weighted by Gasteiger charge is 2.16. The Bertz CT molecular complexity index is 612. The number of ketones is 1. The number of fused-ring (bicyclic) bond motifs is 1. The van der Waals surface area contributed by atoms with Crippen LogP contribution in [-0.4, -0.2) is 12.6 Å². The highest BCUT2D eigenvalue weighted by molar-refractivity contribution is 5.96. The average Bonchev–Trinajstić information content (AvgIpc) is 3.03. The SMILES string of the molecule is Cc1ccc(CCC(=O)c2ccc3c(c2)OCO3)o1. The van der Waals surface area contributed by atoms with Crippen LogP contribution in [0.5, 0.6) is 11.5 Å². The number of ether oxygens (including phenoxy) is 2. The molecule has 0 amide bonds. The molecule has 1 aromatic heterocycles. The molecule has 0 saturated carbocycles. The molecule has 0 bridgehead atoms. The molecule has 1 aromatic carbocycles. The molecule has 1 aliphatic rings. The normalized spacial score (nSPS) is 12.7. The molecule has 0 spiro atoms. The van der Waals surface area contributed by atoms with Gasteiger partial charge in [-0.15, -0.1) is 0 Å². The summed E-state index contributed by atoms with van der Waals surface area (Å²) in [5.41, 5.74) is 0.646. The number of carbonyl (C=O) groups excluding carboxylic acids is 1. The van der Waals surface area contributed by atoms with Crippen molar-refractivity contribution in [2.75, 3.05) is 6.79 Å². The fraction of sp³-hybridized carbons (Fsp3) is 0.267. The van der Waals surface area contributed by atoms with E-state index in [9.17, 15) is 4.79 Å². The minimum atomic E-state index is 0.0763. The summed E-state index contributed by atoms with van der Waals surface area (Å²) in [5, 5.41) is 0. The van der Waals surface area contributed by atoms with Crippen molar-refractivity contribution in [3.63, 3.8) is 0 Å². The first-order valence-corrected chi connectivity index (χ1v) is 6.20. The third kappa shape index (κ3) is 2.47. The van der Waals surface area contributed by atoms with Crippen LogP contribution in [-0.2, 0) is 6.42 Å². The summed E-state index contributed by atoms with van der Waals surface area (Å²) < 4.78 is 15.9. The standard InChI is InChI=1S/C15H14O4/c1-10-2-4-12(19-10)5-6-13(16)11-3-7-14-15(8-11)18-9-17-14/h2-4,7-8H,5-6,9H2,1H3. The van der Waals surface area contributed by atoms with E-state index < -0.39 is 0 Å². The molecule has 0 saturated heterocycles. The fourth-order valence-corrected chi connectivity index (χ4v) is 2.07. The zero-order chi connectivity index (χ0) is 13.2. The Kier molecular flexibility index (Phi) is 2.99. The number of furan rings is 1. The van der Waals surface area contributed by atoms with Crippen LogP contribution in [0.1, 0.15) is 28.3 Å². The van der Waals surface area contributed by atoms with E-state index in [2.05, 4.69) is 0 Å². The summed E-state index contributed by atoms with van der Waals surface area (Å²) in [6.07, 6.45) is 1.04. The third-order valence-electron chi connectivity index (χ3n) is 3.09. The van der Waals surface area contributed by atoms with Gasteiger partial charge in [-0.25, -0.2) is 0 Å². The first-order valence-electron chi connectivity index (χ1n) is 6.20. The van der Waals surface area contributed by atoms with Crippen LogP contribution in [0, 0.1) is 6.92 Å². The van der Waals surface area contributed by atoms with Crippen LogP contribution in [0.15, 0.2) is 34.7 Å². The Morgan fingerprint density at radius 2 is 2.00 bits per heavy atom. The smallest absolute Gasteiger partial charge is 0.231 e. The van der Waals surface area contributed by atoms with Crippen LogP contribution >= 0.6 is 0 Å². The summed E-state index contributed by atoms with van der Waals surface area (Å²) in [6.45, 7) is 2.11. The first kappa shape index (κ1) is 11.8. The van der Waals surface area contributed by atoms with Gasteiger partial charge in [-0.05, 0) is 37.3 Å². The number of hydrogen-bond donors (Lipinski definition) is 0. The molecule has 1 aliphatic heterocycles. The molecule has 0 atom stereocenters. The molecule has 2 aromatic rings. The van der Waals surface area contributed by atoms with Crippen LogP contribution in [0.25, 0.3) is 0 Å². The fourth-order valence-electron chi connectivity index (χ4n) is 2.07. The molecule has 0 radical (unpaired) electrons. The van der Waals surface area contributed by atoms with Gasteiger partial charge in [0.25, 0.3) is 0 Å². The number of hydrogen-bond acceptors (Lipinski definition) is 4. The Balaban J connectivity index is 1.67. The van der Waals surface area contributed by atoms with E-state index in [1.165, 1.54) is 0 Å². The van der Waals surface area contributed by atoms with Gasteiger partial charge in [0, 0.05) is 18.4 Å². The van der Waals surface area contributed by atoms with Gasteiger partial charge < -0.3 is 13.9 Å². The molecule has 19 heavy (non-hydrogen) atoms. The third-order valence-corrected chi connectivity index (χ3v) is 3.09. The van der Waals surface area contributed by atoms with E-state index in [-0.39, 0.29) is 12.6 Å². The minimum Gasteiger partial charge on any atom is -0.466 e. The van der Waals surface area contributed by atoms with Gasteiger partial charge >= 0.3 is 0 Å². The highest BCUT2D eigenvalue weighted by Crippen LogP contribution is 2.32. The summed E-state index contributed by atoms with van der Waals surface area (Å²) in [4.78, 5) is 12.1. The van der Waals surface area contributed by atoms with Crippen molar-refractivity contribution in [1.29, 1.82) is 0 Å². The average molecular weight is 258 g/mol. The molecule has 0 unspecified atom stereocenters. The van der Waals surface area contributed by atoms with E-state index in [1.54, 1.807) is 18.2 Å². The van der Waals surface area contributed by atoms with Gasteiger partial charge in [0.05, 0.1) is 0 Å². The lowest BCUT2D eigenvalue weighted by molar-refractivity contribution is 0.0980. The van der Waals surface area contributed by atoms with Crippen LogP contribution in [0.3, 0.4) is 0 Å². The molecule has 98 valence electrons. The van der Waals surface area contributed by atoms with E-state index in [0.717, 1.165) is 11.5 Å². The second-order valence-electron chi connectivity index (χ2n) is 4.50. The monoisotopic (exact) mass is 258 g/mol.